The topological polar surface area (TPSA) is 46.3 Å². The third kappa shape index (κ3) is 2.88. The maximum absolute atomic E-state index is 13.5. The number of amides is 1. The van der Waals surface area contributed by atoms with E-state index in [1.165, 1.54) is 6.07 Å². The molecular weight excluding hydrogens is 231 g/mol. The van der Waals surface area contributed by atoms with Crippen molar-refractivity contribution in [2.45, 2.75) is 25.8 Å². The average Bonchev–Trinajstić information content (AvgIpc) is 2.78. The lowest BCUT2D eigenvalue weighted by molar-refractivity contribution is -0.133. The van der Waals surface area contributed by atoms with Gasteiger partial charge in [0.25, 0.3) is 0 Å². The zero-order valence-electron chi connectivity index (χ0n) is 10.6. The first-order valence-electron chi connectivity index (χ1n) is 6.35. The first kappa shape index (κ1) is 13.0. The Kier molecular flexibility index (Phi) is 3.97. The monoisotopic (exact) mass is 250 g/mol. The van der Waals surface area contributed by atoms with E-state index >= 15 is 0 Å². The van der Waals surface area contributed by atoms with Crippen LogP contribution in [0.3, 0.4) is 0 Å². The van der Waals surface area contributed by atoms with Gasteiger partial charge < -0.3 is 10.6 Å². The molecule has 1 saturated heterocycles. The van der Waals surface area contributed by atoms with Gasteiger partial charge in [-0.15, -0.1) is 0 Å². The standard InChI is InChI=1S/C14H19FN2O/c1-10(8-11-4-2-3-5-13(11)15)14(18)17-7-6-12(16)9-17/h2-5,10,12H,6-9,16H2,1H3/t10?,12-/m0/s1. The number of hydrogen-bond acceptors (Lipinski definition) is 2. The average molecular weight is 250 g/mol. The van der Waals surface area contributed by atoms with Gasteiger partial charge in [-0.2, -0.15) is 0 Å². The molecule has 1 fully saturated rings. The normalized spacial score (nSPS) is 21.1. The fourth-order valence-corrected chi connectivity index (χ4v) is 2.38. The van der Waals surface area contributed by atoms with E-state index in [1.54, 1.807) is 23.1 Å². The zero-order valence-corrected chi connectivity index (χ0v) is 10.6. The molecule has 0 saturated carbocycles. The van der Waals surface area contributed by atoms with Crippen LogP contribution in [0, 0.1) is 11.7 Å². The van der Waals surface area contributed by atoms with E-state index in [-0.39, 0.29) is 23.7 Å². The molecule has 2 atom stereocenters. The van der Waals surface area contributed by atoms with E-state index in [2.05, 4.69) is 0 Å². The van der Waals surface area contributed by atoms with Gasteiger partial charge in [0.05, 0.1) is 0 Å². The van der Waals surface area contributed by atoms with Crippen molar-refractivity contribution >= 4 is 5.91 Å². The maximum atomic E-state index is 13.5. The summed E-state index contributed by atoms with van der Waals surface area (Å²) in [5.74, 6) is -0.367. The number of likely N-dealkylation sites (tertiary alicyclic amines) is 1. The van der Waals surface area contributed by atoms with Gasteiger partial charge in [-0.3, -0.25) is 4.79 Å². The summed E-state index contributed by atoms with van der Waals surface area (Å²) >= 11 is 0. The quantitative estimate of drug-likeness (QED) is 0.885. The van der Waals surface area contributed by atoms with Crippen LogP contribution >= 0.6 is 0 Å². The van der Waals surface area contributed by atoms with Crippen LogP contribution in [0.1, 0.15) is 18.9 Å². The summed E-state index contributed by atoms with van der Waals surface area (Å²) in [6, 6.07) is 6.70. The van der Waals surface area contributed by atoms with Gasteiger partial charge in [0.2, 0.25) is 5.91 Å². The van der Waals surface area contributed by atoms with Gasteiger partial charge in [-0.25, -0.2) is 4.39 Å². The molecule has 0 radical (unpaired) electrons. The van der Waals surface area contributed by atoms with Gasteiger partial charge in [-0.05, 0) is 24.5 Å². The van der Waals surface area contributed by atoms with Gasteiger partial charge in [0.1, 0.15) is 5.82 Å². The van der Waals surface area contributed by atoms with Crippen molar-refractivity contribution in [1.82, 2.24) is 4.90 Å². The summed E-state index contributed by atoms with van der Waals surface area (Å²) in [7, 11) is 0. The summed E-state index contributed by atoms with van der Waals surface area (Å²) in [5.41, 5.74) is 6.38. The van der Waals surface area contributed by atoms with Crippen molar-refractivity contribution in [2.75, 3.05) is 13.1 Å². The second kappa shape index (κ2) is 5.48. The fraction of sp³-hybridized carbons (Fsp3) is 0.500. The third-order valence-corrected chi connectivity index (χ3v) is 3.44. The van der Waals surface area contributed by atoms with E-state index in [1.807, 2.05) is 6.92 Å². The van der Waals surface area contributed by atoms with Gasteiger partial charge in [0.15, 0.2) is 0 Å². The molecule has 0 spiro atoms. The Labute approximate surface area is 107 Å². The van der Waals surface area contributed by atoms with Gasteiger partial charge >= 0.3 is 0 Å². The molecule has 1 aromatic carbocycles. The Morgan fingerprint density at radius 3 is 2.89 bits per heavy atom. The summed E-state index contributed by atoms with van der Waals surface area (Å²) in [6.45, 7) is 3.20. The second-order valence-corrected chi connectivity index (χ2v) is 5.03. The third-order valence-electron chi connectivity index (χ3n) is 3.44. The van der Waals surface area contributed by atoms with Crippen LogP contribution < -0.4 is 5.73 Å². The number of benzene rings is 1. The lowest BCUT2D eigenvalue weighted by Crippen LogP contribution is -2.36. The number of hydrogen-bond donors (Lipinski definition) is 1. The molecule has 1 aromatic rings. The molecular formula is C14H19FN2O. The minimum absolute atomic E-state index is 0.0752. The highest BCUT2D eigenvalue weighted by molar-refractivity contribution is 5.79. The van der Waals surface area contributed by atoms with Crippen molar-refractivity contribution < 1.29 is 9.18 Å². The van der Waals surface area contributed by atoms with Crippen LogP contribution in [0.15, 0.2) is 24.3 Å². The van der Waals surface area contributed by atoms with Crippen molar-refractivity contribution in [3.63, 3.8) is 0 Å². The second-order valence-electron chi connectivity index (χ2n) is 5.03. The molecule has 1 aliphatic heterocycles. The highest BCUT2D eigenvalue weighted by atomic mass is 19.1. The Morgan fingerprint density at radius 2 is 2.28 bits per heavy atom. The molecule has 4 heteroatoms. The molecule has 98 valence electrons. The van der Waals surface area contributed by atoms with Crippen LogP contribution in [0.2, 0.25) is 0 Å². The number of carbonyl (C=O) groups excluding carboxylic acids is 1. The fourth-order valence-electron chi connectivity index (χ4n) is 2.38. The first-order chi connectivity index (χ1) is 8.58. The Hall–Kier alpha value is -1.42. The van der Waals surface area contributed by atoms with E-state index in [0.29, 0.717) is 18.5 Å². The molecule has 3 nitrogen and oxygen atoms in total. The Bertz CT molecular complexity index is 436. The van der Waals surface area contributed by atoms with Crippen molar-refractivity contribution in [2.24, 2.45) is 11.7 Å². The summed E-state index contributed by atoms with van der Waals surface area (Å²) in [4.78, 5) is 13.9. The van der Waals surface area contributed by atoms with Gasteiger partial charge in [0, 0.05) is 25.0 Å². The van der Waals surface area contributed by atoms with Crippen LogP contribution in [-0.4, -0.2) is 29.9 Å². The maximum Gasteiger partial charge on any atom is 0.225 e. The molecule has 18 heavy (non-hydrogen) atoms. The van der Waals surface area contributed by atoms with Crippen LogP contribution in [0.25, 0.3) is 0 Å². The smallest absolute Gasteiger partial charge is 0.225 e. The van der Waals surface area contributed by atoms with Crippen molar-refractivity contribution in [1.29, 1.82) is 0 Å². The zero-order chi connectivity index (χ0) is 13.1. The van der Waals surface area contributed by atoms with E-state index in [4.69, 9.17) is 5.73 Å². The van der Waals surface area contributed by atoms with Crippen molar-refractivity contribution in [3.8, 4) is 0 Å². The summed E-state index contributed by atoms with van der Waals surface area (Å²) in [6.07, 6.45) is 1.30. The molecule has 1 amide bonds. The highest BCUT2D eigenvalue weighted by Crippen LogP contribution is 2.17. The van der Waals surface area contributed by atoms with Crippen molar-refractivity contribution in [3.05, 3.63) is 35.6 Å². The van der Waals surface area contributed by atoms with E-state index in [0.717, 1.165) is 13.0 Å². The van der Waals surface area contributed by atoms with Crippen LogP contribution in [-0.2, 0) is 11.2 Å². The lowest BCUT2D eigenvalue weighted by Gasteiger charge is -2.20. The lowest BCUT2D eigenvalue weighted by atomic mass is 9.99. The number of halogens is 1. The molecule has 2 rings (SSSR count). The first-order valence-corrected chi connectivity index (χ1v) is 6.35. The molecule has 1 unspecified atom stereocenters. The predicted octanol–water partition coefficient (Wildman–Crippen LogP) is 1.56. The SMILES string of the molecule is CC(Cc1ccccc1F)C(=O)N1CC[C@H](N)C1. The molecule has 0 aromatic heterocycles. The Balaban J connectivity index is 1.98. The predicted molar refractivity (Wildman–Crippen MR) is 68.4 cm³/mol. The number of nitrogens with zero attached hydrogens (tertiary/aromatic N) is 1. The largest absolute Gasteiger partial charge is 0.341 e. The minimum Gasteiger partial charge on any atom is -0.341 e. The molecule has 2 N–H and O–H groups in total. The number of carbonyl (C=O) groups is 1. The molecule has 1 heterocycles. The Morgan fingerprint density at radius 1 is 1.56 bits per heavy atom. The highest BCUT2D eigenvalue weighted by Gasteiger charge is 2.27. The van der Waals surface area contributed by atoms with E-state index < -0.39 is 0 Å². The van der Waals surface area contributed by atoms with E-state index in [9.17, 15) is 9.18 Å². The minimum atomic E-state index is -0.240. The van der Waals surface area contributed by atoms with Crippen LogP contribution in [0.4, 0.5) is 4.39 Å². The summed E-state index contributed by atoms with van der Waals surface area (Å²) in [5, 5.41) is 0. The molecule has 0 aliphatic carbocycles. The molecule has 1 aliphatic rings. The molecule has 0 bridgehead atoms. The van der Waals surface area contributed by atoms with Crippen LogP contribution in [0.5, 0.6) is 0 Å². The number of nitrogens with two attached hydrogens (primary N) is 1. The number of rotatable bonds is 3. The van der Waals surface area contributed by atoms with Gasteiger partial charge in [-0.1, -0.05) is 25.1 Å². The summed E-state index contributed by atoms with van der Waals surface area (Å²) < 4.78 is 13.5.